The molecule has 1 amide bonds. The third kappa shape index (κ3) is 16.6. The smallest absolute Gasteiger partial charge is 0.490 e. The molecule has 2 aromatic heterocycles. The second kappa shape index (κ2) is 19.9. The largest absolute Gasteiger partial charge is 0.497 e. The van der Waals surface area contributed by atoms with Crippen LogP contribution in [-0.2, 0) is 20.9 Å². The molecule has 0 radical (unpaired) electrons. The number of hydrogen-bond donors (Lipinski definition) is 3. The molecule has 0 saturated carbocycles. The Morgan fingerprint density at radius 3 is 1.70 bits per heavy atom. The van der Waals surface area contributed by atoms with Gasteiger partial charge in [0.1, 0.15) is 5.75 Å². The Labute approximate surface area is 297 Å². The van der Waals surface area contributed by atoms with Crippen molar-refractivity contribution in [3.05, 3.63) is 77.6 Å². The fourth-order valence-electron chi connectivity index (χ4n) is 3.44. The van der Waals surface area contributed by atoms with Gasteiger partial charge in [-0.25, -0.2) is 19.4 Å². The van der Waals surface area contributed by atoms with Gasteiger partial charge < -0.3 is 29.9 Å². The number of hydrogen-bond acceptors (Lipinski definition) is 9. The van der Waals surface area contributed by atoms with E-state index in [4.69, 9.17) is 34.4 Å². The number of alkyl halides is 9. The molecule has 0 aliphatic rings. The van der Waals surface area contributed by atoms with Crippen LogP contribution in [-0.4, -0.2) is 112 Å². The summed E-state index contributed by atoms with van der Waals surface area (Å²) < 4.78 is 102. The minimum atomic E-state index is -5.08. The molecule has 0 aliphatic carbocycles. The van der Waals surface area contributed by atoms with E-state index in [1.54, 1.807) is 19.5 Å². The summed E-state index contributed by atoms with van der Waals surface area (Å²) in [6.45, 7) is 1.89. The number of carboxylic acids is 3. The number of carbonyl (C=O) groups excluding carboxylic acids is 1. The quantitative estimate of drug-likeness (QED) is 0.167. The molecular weight excluding hydrogens is 759 g/mol. The summed E-state index contributed by atoms with van der Waals surface area (Å²) in [6, 6.07) is 17.9. The molecule has 22 heteroatoms. The van der Waals surface area contributed by atoms with Gasteiger partial charge in [-0.2, -0.15) is 39.5 Å². The van der Waals surface area contributed by atoms with Crippen molar-refractivity contribution >= 4 is 45.4 Å². The van der Waals surface area contributed by atoms with E-state index in [-0.39, 0.29) is 5.91 Å². The lowest BCUT2D eigenvalue weighted by Crippen LogP contribution is -2.36. The highest BCUT2D eigenvalue weighted by atomic mass is 32.1. The van der Waals surface area contributed by atoms with Crippen molar-refractivity contribution in [3.8, 4) is 16.9 Å². The first-order valence-electron chi connectivity index (χ1n) is 14.1. The Kier molecular flexibility index (Phi) is 17.1. The van der Waals surface area contributed by atoms with Crippen LogP contribution in [0.2, 0.25) is 0 Å². The zero-order valence-corrected chi connectivity index (χ0v) is 28.3. The van der Waals surface area contributed by atoms with Gasteiger partial charge >= 0.3 is 36.4 Å². The van der Waals surface area contributed by atoms with Crippen LogP contribution in [0.4, 0.5) is 39.5 Å². The van der Waals surface area contributed by atoms with E-state index in [0.717, 1.165) is 39.2 Å². The van der Waals surface area contributed by atoms with Crippen molar-refractivity contribution in [3.63, 3.8) is 0 Å². The number of fused-ring (bicyclic) bond motifs is 1. The molecule has 290 valence electrons. The number of ether oxygens (including phenoxy) is 1. The fraction of sp³-hybridized carbons (Fsp3) is 0.290. The Morgan fingerprint density at radius 2 is 1.25 bits per heavy atom. The summed E-state index contributed by atoms with van der Waals surface area (Å²) in [4.78, 5) is 52.8. The first-order chi connectivity index (χ1) is 24.4. The highest BCUT2D eigenvalue weighted by Gasteiger charge is 2.39. The number of methoxy groups -OCH3 is 1. The number of carboxylic acid groups (broad SMARTS) is 3. The number of amides is 1. The maximum atomic E-state index is 13.5. The van der Waals surface area contributed by atoms with Crippen molar-refractivity contribution in [1.29, 1.82) is 0 Å². The average Bonchev–Trinajstić information content (AvgIpc) is 3.50. The second-order valence-corrected chi connectivity index (χ2v) is 11.3. The predicted molar refractivity (Wildman–Crippen MR) is 170 cm³/mol. The van der Waals surface area contributed by atoms with Gasteiger partial charge in [0.15, 0.2) is 5.01 Å². The van der Waals surface area contributed by atoms with Crippen molar-refractivity contribution in [2.24, 2.45) is 0 Å². The first kappa shape index (κ1) is 45.5. The molecule has 4 rings (SSSR count). The molecule has 0 spiro atoms. The average molecular weight is 789 g/mol. The van der Waals surface area contributed by atoms with Gasteiger partial charge in [0.05, 0.1) is 17.3 Å². The monoisotopic (exact) mass is 788 g/mol. The van der Waals surface area contributed by atoms with Crippen LogP contribution in [0.1, 0.15) is 15.4 Å². The topological polar surface area (TPSA) is 170 Å². The lowest BCUT2D eigenvalue weighted by molar-refractivity contribution is -0.193. The molecule has 3 N–H and O–H groups in total. The molecule has 2 heterocycles. The van der Waals surface area contributed by atoms with E-state index in [9.17, 15) is 44.3 Å². The molecule has 0 unspecified atom stereocenters. The van der Waals surface area contributed by atoms with Gasteiger partial charge in [0.2, 0.25) is 0 Å². The van der Waals surface area contributed by atoms with E-state index >= 15 is 0 Å². The van der Waals surface area contributed by atoms with Crippen molar-refractivity contribution in [2.75, 3.05) is 34.3 Å². The van der Waals surface area contributed by atoms with Crippen molar-refractivity contribution < 1.29 is 78.7 Å². The third-order valence-electron chi connectivity index (χ3n) is 5.92. The maximum absolute atomic E-state index is 13.5. The molecule has 0 atom stereocenters. The number of aliphatic carboxylic acids is 3. The Bertz CT molecular complexity index is 1760. The summed E-state index contributed by atoms with van der Waals surface area (Å²) in [5.41, 5.74) is 4.04. The van der Waals surface area contributed by atoms with E-state index in [1.165, 1.54) is 11.3 Å². The van der Waals surface area contributed by atoms with Crippen LogP contribution >= 0.6 is 11.3 Å². The number of likely N-dealkylation sites (N-methyl/N-ethyl adjacent to an activating group) is 1. The van der Waals surface area contributed by atoms with E-state index in [1.807, 2.05) is 67.5 Å². The molecule has 4 aromatic rings. The Hall–Kier alpha value is -5.51. The number of pyridine rings is 1. The first-order valence-corrected chi connectivity index (χ1v) is 15.0. The zero-order chi connectivity index (χ0) is 40.7. The SMILES string of the molecule is COc1cccc(CN(CCN(C)C)C(=O)c2nc3ccc(-c4ccncc4)cc3s2)c1.O=C(O)C(F)(F)F.O=C(O)C(F)(F)F.O=C(O)C(F)(F)F. The molecule has 2 aromatic carbocycles. The predicted octanol–water partition coefficient (Wildman–Crippen LogP) is 6.47. The van der Waals surface area contributed by atoms with Crippen LogP contribution in [0.15, 0.2) is 67.0 Å². The van der Waals surface area contributed by atoms with E-state index in [2.05, 4.69) is 20.9 Å². The molecule has 0 saturated heterocycles. The zero-order valence-electron chi connectivity index (χ0n) is 27.5. The van der Waals surface area contributed by atoms with Crippen LogP contribution in [0, 0.1) is 0 Å². The molecule has 0 fully saturated rings. The molecule has 0 aliphatic heterocycles. The fourth-order valence-corrected chi connectivity index (χ4v) is 4.41. The minimum absolute atomic E-state index is 0.0543. The lowest BCUT2D eigenvalue weighted by Gasteiger charge is -2.24. The second-order valence-electron chi connectivity index (χ2n) is 10.2. The van der Waals surface area contributed by atoms with Crippen molar-refractivity contribution in [1.82, 2.24) is 19.8 Å². The number of rotatable bonds is 8. The van der Waals surface area contributed by atoms with Crippen LogP contribution in [0.3, 0.4) is 0 Å². The minimum Gasteiger partial charge on any atom is -0.497 e. The third-order valence-corrected chi connectivity index (χ3v) is 6.93. The summed E-state index contributed by atoms with van der Waals surface area (Å²) >= 11 is 1.44. The van der Waals surface area contributed by atoms with Gasteiger partial charge in [-0.15, -0.1) is 11.3 Å². The van der Waals surface area contributed by atoms with Crippen LogP contribution in [0.25, 0.3) is 21.3 Å². The van der Waals surface area contributed by atoms with E-state index < -0.39 is 36.4 Å². The number of aromatic nitrogens is 2. The van der Waals surface area contributed by atoms with E-state index in [0.29, 0.717) is 18.1 Å². The molecule has 0 bridgehead atoms. The summed E-state index contributed by atoms with van der Waals surface area (Å²) in [5, 5.41) is 21.9. The summed E-state index contributed by atoms with van der Waals surface area (Å²) in [5.74, 6) is -7.54. The summed E-state index contributed by atoms with van der Waals surface area (Å²) in [7, 11) is 5.66. The lowest BCUT2D eigenvalue weighted by atomic mass is 10.1. The number of thiazole rings is 1. The highest BCUT2D eigenvalue weighted by Crippen LogP contribution is 2.29. The maximum Gasteiger partial charge on any atom is 0.490 e. The summed E-state index contributed by atoms with van der Waals surface area (Å²) in [6.07, 6.45) is -11.7. The van der Waals surface area contributed by atoms with Crippen LogP contribution in [0.5, 0.6) is 5.75 Å². The normalized spacial score (nSPS) is 11.2. The molecular formula is C31H29F9N4O8S. The van der Waals surface area contributed by atoms with Gasteiger partial charge in [0.25, 0.3) is 5.91 Å². The molecule has 12 nitrogen and oxygen atoms in total. The Morgan fingerprint density at radius 1 is 0.736 bits per heavy atom. The Balaban J connectivity index is 0.000000545. The molecule has 53 heavy (non-hydrogen) atoms. The van der Waals surface area contributed by atoms with Crippen LogP contribution < -0.4 is 4.74 Å². The van der Waals surface area contributed by atoms with Gasteiger partial charge in [0, 0.05) is 32.0 Å². The highest BCUT2D eigenvalue weighted by molar-refractivity contribution is 7.20. The van der Waals surface area contributed by atoms with Gasteiger partial charge in [-0.05, 0) is 67.2 Å². The number of carbonyl (C=O) groups is 4. The number of benzene rings is 2. The van der Waals surface area contributed by atoms with Gasteiger partial charge in [-0.3, -0.25) is 9.78 Å². The number of nitrogens with zero attached hydrogens (tertiary/aromatic N) is 4. The number of halogens is 9. The standard InChI is InChI=1S/C25H26N4O2S.3C2HF3O2/c1-28(2)13-14-29(17-18-5-4-6-21(15-18)31-3)25(30)24-27-22-8-7-20(16-23(22)32-24)19-9-11-26-12-10-19;3*3-2(4,5)1(6)7/h4-12,15-16H,13-14,17H2,1-3H3;3*(H,6,7). The van der Waals surface area contributed by atoms with Gasteiger partial charge in [-0.1, -0.05) is 18.2 Å². The van der Waals surface area contributed by atoms with Crippen molar-refractivity contribution in [2.45, 2.75) is 25.1 Å².